The summed E-state index contributed by atoms with van der Waals surface area (Å²) >= 11 is 0. The van der Waals surface area contributed by atoms with E-state index < -0.39 is 11.8 Å². The van der Waals surface area contributed by atoms with Gasteiger partial charge in [-0.1, -0.05) is 26.8 Å². The van der Waals surface area contributed by atoms with Crippen molar-refractivity contribution in [2.24, 2.45) is 0 Å². The van der Waals surface area contributed by atoms with Crippen molar-refractivity contribution in [2.75, 3.05) is 7.11 Å². The van der Waals surface area contributed by atoms with Gasteiger partial charge in [-0.2, -0.15) is 0 Å². The first-order valence-electron chi connectivity index (χ1n) is 5.16. The second kappa shape index (κ2) is 4.24. The third-order valence-corrected chi connectivity index (χ3v) is 2.54. The minimum absolute atomic E-state index is 0.0236. The molecule has 0 bridgehead atoms. The van der Waals surface area contributed by atoms with Gasteiger partial charge in [0.05, 0.1) is 12.7 Å². The topological polar surface area (TPSA) is 26.3 Å². The number of ether oxygens (including phenoxy) is 1. The Kier molecular flexibility index (Phi) is 3.36. The first-order valence-corrected chi connectivity index (χ1v) is 5.16. The predicted octanol–water partition coefficient (Wildman–Crippen LogP) is 3.22. The molecule has 0 radical (unpaired) electrons. The minimum atomic E-state index is -0.629. The largest absolute Gasteiger partial charge is 0.465 e. The molecule has 0 amide bonds. The van der Waals surface area contributed by atoms with E-state index in [1.165, 1.54) is 13.2 Å². The van der Waals surface area contributed by atoms with Gasteiger partial charge in [0.1, 0.15) is 5.82 Å². The number of halogens is 1. The van der Waals surface area contributed by atoms with E-state index in [1.807, 2.05) is 26.8 Å². The van der Waals surface area contributed by atoms with Crippen molar-refractivity contribution in [3.8, 4) is 0 Å². The summed E-state index contributed by atoms with van der Waals surface area (Å²) in [5, 5.41) is 0. The lowest BCUT2D eigenvalue weighted by Gasteiger charge is -2.20. The number of benzene rings is 1. The third kappa shape index (κ3) is 2.40. The molecule has 0 aliphatic rings. The average molecular weight is 224 g/mol. The Morgan fingerprint density at radius 3 is 2.25 bits per heavy atom. The van der Waals surface area contributed by atoms with E-state index in [1.54, 1.807) is 6.92 Å². The molecule has 2 nitrogen and oxygen atoms in total. The summed E-state index contributed by atoms with van der Waals surface area (Å²) in [7, 11) is 1.25. The van der Waals surface area contributed by atoms with Crippen LogP contribution in [0.5, 0.6) is 0 Å². The Balaban J connectivity index is 3.34. The maximum Gasteiger partial charge on any atom is 0.341 e. The number of rotatable bonds is 1. The van der Waals surface area contributed by atoms with Crippen molar-refractivity contribution in [2.45, 2.75) is 33.1 Å². The van der Waals surface area contributed by atoms with E-state index in [4.69, 9.17) is 0 Å². The second-order valence-electron chi connectivity index (χ2n) is 4.89. The number of methoxy groups -OCH3 is 1. The van der Waals surface area contributed by atoms with Crippen LogP contribution >= 0.6 is 0 Å². The fourth-order valence-corrected chi connectivity index (χ4v) is 1.54. The zero-order chi connectivity index (χ0) is 12.5. The van der Waals surface area contributed by atoms with E-state index in [0.29, 0.717) is 5.56 Å². The molecule has 16 heavy (non-hydrogen) atoms. The molecule has 0 unspecified atom stereocenters. The number of carbonyl (C=O) groups excluding carboxylic acids is 1. The quantitative estimate of drug-likeness (QED) is 0.685. The highest BCUT2D eigenvalue weighted by atomic mass is 19.1. The number of carbonyl (C=O) groups is 1. The maximum atomic E-state index is 13.8. The predicted molar refractivity (Wildman–Crippen MR) is 61.2 cm³/mol. The van der Waals surface area contributed by atoms with Gasteiger partial charge in [0.25, 0.3) is 0 Å². The fraction of sp³-hybridized carbons (Fsp3) is 0.462. The van der Waals surface area contributed by atoms with E-state index in [0.717, 1.165) is 5.56 Å². The van der Waals surface area contributed by atoms with Gasteiger partial charge < -0.3 is 4.74 Å². The summed E-state index contributed by atoms with van der Waals surface area (Å²) in [6, 6.07) is 3.23. The molecule has 0 N–H and O–H groups in total. The monoisotopic (exact) mass is 224 g/mol. The van der Waals surface area contributed by atoms with Crippen molar-refractivity contribution in [3.63, 3.8) is 0 Å². The van der Waals surface area contributed by atoms with Crippen molar-refractivity contribution >= 4 is 5.97 Å². The van der Waals surface area contributed by atoms with Crippen LogP contribution in [-0.2, 0) is 10.2 Å². The lowest BCUT2D eigenvalue weighted by molar-refractivity contribution is 0.0594. The molecule has 88 valence electrons. The van der Waals surface area contributed by atoms with E-state index in [2.05, 4.69) is 4.74 Å². The molecule has 0 atom stereocenters. The summed E-state index contributed by atoms with van der Waals surface area (Å²) in [5.74, 6) is -1.15. The molecule has 0 heterocycles. The van der Waals surface area contributed by atoms with Gasteiger partial charge in [-0.25, -0.2) is 9.18 Å². The van der Waals surface area contributed by atoms with Gasteiger partial charge in [-0.15, -0.1) is 0 Å². The van der Waals surface area contributed by atoms with Crippen LogP contribution in [0.15, 0.2) is 12.1 Å². The molecule has 0 spiro atoms. The van der Waals surface area contributed by atoms with Crippen LogP contribution in [0.2, 0.25) is 0 Å². The number of aryl methyl sites for hydroxylation is 1. The molecule has 0 saturated carbocycles. The first-order chi connectivity index (χ1) is 7.27. The molecule has 1 rings (SSSR count). The average Bonchev–Trinajstić information content (AvgIpc) is 2.14. The molecule has 1 aromatic carbocycles. The highest BCUT2D eigenvalue weighted by Gasteiger charge is 2.21. The lowest BCUT2D eigenvalue weighted by Crippen LogP contribution is -2.15. The summed E-state index contributed by atoms with van der Waals surface area (Å²) in [5.41, 5.74) is 1.36. The Hall–Kier alpha value is -1.38. The third-order valence-electron chi connectivity index (χ3n) is 2.54. The molecule has 1 aromatic rings. The van der Waals surface area contributed by atoms with Crippen LogP contribution in [-0.4, -0.2) is 13.1 Å². The van der Waals surface area contributed by atoms with Gasteiger partial charge in [-0.05, 0) is 29.5 Å². The van der Waals surface area contributed by atoms with Crippen molar-refractivity contribution in [3.05, 3.63) is 34.6 Å². The Morgan fingerprint density at radius 1 is 1.31 bits per heavy atom. The van der Waals surface area contributed by atoms with Crippen molar-refractivity contribution in [1.82, 2.24) is 0 Å². The number of esters is 1. The smallest absolute Gasteiger partial charge is 0.341 e. The van der Waals surface area contributed by atoms with Crippen LogP contribution in [0.3, 0.4) is 0 Å². The van der Waals surface area contributed by atoms with Gasteiger partial charge in [0, 0.05) is 0 Å². The summed E-state index contributed by atoms with van der Waals surface area (Å²) < 4.78 is 18.3. The summed E-state index contributed by atoms with van der Waals surface area (Å²) in [6.45, 7) is 7.71. The van der Waals surface area contributed by atoms with Crippen LogP contribution in [0.1, 0.15) is 42.3 Å². The molecule has 0 fully saturated rings. The molecular formula is C13H17FO2. The van der Waals surface area contributed by atoms with Gasteiger partial charge >= 0.3 is 5.97 Å². The van der Waals surface area contributed by atoms with Crippen molar-refractivity contribution in [1.29, 1.82) is 0 Å². The van der Waals surface area contributed by atoms with E-state index in [-0.39, 0.29) is 11.0 Å². The minimum Gasteiger partial charge on any atom is -0.465 e. The highest BCUT2D eigenvalue weighted by molar-refractivity contribution is 5.91. The standard InChI is InChI=1S/C13H17FO2/c1-8-6-9(13(2,3)4)7-10(14)11(8)12(15)16-5/h6-7H,1-5H3. The normalized spacial score (nSPS) is 11.4. The molecular weight excluding hydrogens is 207 g/mol. The van der Waals surface area contributed by atoms with Crippen molar-refractivity contribution < 1.29 is 13.9 Å². The lowest BCUT2D eigenvalue weighted by atomic mass is 9.85. The van der Waals surface area contributed by atoms with Crippen LogP contribution in [0.4, 0.5) is 4.39 Å². The van der Waals surface area contributed by atoms with Crippen LogP contribution in [0, 0.1) is 12.7 Å². The molecule has 0 aliphatic carbocycles. The Bertz CT molecular complexity index is 393. The van der Waals surface area contributed by atoms with Crippen LogP contribution in [0.25, 0.3) is 0 Å². The van der Waals surface area contributed by atoms with Crippen LogP contribution < -0.4 is 0 Å². The first kappa shape index (κ1) is 12.7. The fourth-order valence-electron chi connectivity index (χ4n) is 1.54. The SMILES string of the molecule is COC(=O)c1c(C)cc(C(C)(C)C)cc1F. The number of hydrogen-bond donors (Lipinski definition) is 0. The summed E-state index contributed by atoms with van der Waals surface area (Å²) in [6.07, 6.45) is 0. The number of hydrogen-bond acceptors (Lipinski definition) is 2. The van der Waals surface area contributed by atoms with Gasteiger partial charge in [-0.3, -0.25) is 0 Å². The molecule has 0 aliphatic heterocycles. The Morgan fingerprint density at radius 2 is 1.88 bits per heavy atom. The molecule has 0 aromatic heterocycles. The maximum absolute atomic E-state index is 13.8. The molecule has 3 heteroatoms. The van der Waals surface area contributed by atoms with E-state index >= 15 is 0 Å². The highest BCUT2D eigenvalue weighted by Crippen LogP contribution is 2.26. The second-order valence-corrected chi connectivity index (χ2v) is 4.89. The zero-order valence-corrected chi connectivity index (χ0v) is 10.3. The van der Waals surface area contributed by atoms with Gasteiger partial charge in [0.2, 0.25) is 0 Å². The van der Waals surface area contributed by atoms with E-state index in [9.17, 15) is 9.18 Å². The Labute approximate surface area is 95.4 Å². The molecule has 0 saturated heterocycles. The zero-order valence-electron chi connectivity index (χ0n) is 10.3. The summed E-state index contributed by atoms with van der Waals surface area (Å²) in [4.78, 5) is 11.4. The van der Waals surface area contributed by atoms with Gasteiger partial charge in [0.15, 0.2) is 0 Å².